The van der Waals surface area contributed by atoms with Crippen LogP contribution in [0.4, 0.5) is 4.39 Å². The summed E-state index contributed by atoms with van der Waals surface area (Å²) >= 11 is 11.9. The Morgan fingerprint density at radius 2 is 1.86 bits per heavy atom. The zero-order valence-electron chi connectivity index (χ0n) is 16.3. The van der Waals surface area contributed by atoms with E-state index in [0.29, 0.717) is 22.9 Å². The summed E-state index contributed by atoms with van der Waals surface area (Å²) < 4.78 is 18.7. The second-order valence-corrected chi connectivity index (χ2v) is 7.32. The standard InChI is InChI=1S/C21H23Cl2FN2O3/c1-3-10-25-21(28)14(2)26(12-15-4-7-17(24)8-5-15)20(27)13-29-19-9-6-16(22)11-18(19)23/h4-9,11,14H,3,10,12-13H2,1-2H3,(H,25,28). The van der Waals surface area contributed by atoms with Crippen LogP contribution in [0.3, 0.4) is 0 Å². The largest absolute Gasteiger partial charge is 0.482 e. The van der Waals surface area contributed by atoms with Gasteiger partial charge in [0.15, 0.2) is 6.61 Å². The predicted octanol–water partition coefficient (Wildman–Crippen LogP) is 4.45. The quantitative estimate of drug-likeness (QED) is 0.626. The highest BCUT2D eigenvalue weighted by Gasteiger charge is 2.26. The number of carbonyl (C=O) groups is 2. The lowest BCUT2D eigenvalue weighted by Crippen LogP contribution is -2.49. The maximum atomic E-state index is 13.2. The van der Waals surface area contributed by atoms with E-state index >= 15 is 0 Å². The summed E-state index contributed by atoms with van der Waals surface area (Å²) in [7, 11) is 0. The van der Waals surface area contributed by atoms with E-state index in [1.807, 2.05) is 6.92 Å². The van der Waals surface area contributed by atoms with Crippen molar-refractivity contribution in [2.24, 2.45) is 0 Å². The summed E-state index contributed by atoms with van der Waals surface area (Å²) in [6, 6.07) is 9.72. The molecule has 8 heteroatoms. The van der Waals surface area contributed by atoms with Crippen molar-refractivity contribution in [1.82, 2.24) is 10.2 Å². The van der Waals surface area contributed by atoms with Crippen LogP contribution in [-0.2, 0) is 16.1 Å². The zero-order chi connectivity index (χ0) is 21.4. The van der Waals surface area contributed by atoms with E-state index < -0.39 is 11.9 Å². The summed E-state index contributed by atoms with van der Waals surface area (Å²) in [6.45, 7) is 3.92. The first-order valence-electron chi connectivity index (χ1n) is 9.21. The highest BCUT2D eigenvalue weighted by Crippen LogP contribution is 2.27. The molecule has 2 aromatic rings. The molecular weight excluding hydrogens is 418 g/mol. The number of carbonyl (C=O) groups excluding carboxylic acids is 2. The van der Waals surface area contributed by atoms with Gasteiger partial charge < -0.3 is 15.0 Å². The Morgan fingerprint density at radius 1 is 1.17 bits per heavy atom. The summed E-state index contributed by atoms with van der Waals surface area (Å²) in [4.78, 5) is 26.7. The van der Waals surface area contributed by atoms with Crippen LogP contribution in [0.2, 0.25) is 10.0 Å². The first-order chi connectivity index (χ1) is 13.8. The zero-order valence-corrected chi connectivity index (χ0v) is 17.8. The molecule has 0 radical (unpaired) electrons. The van der Waals surface area contributed by atoms with Gasteiger partial charge in [-0.3, -0.25) is 9.59 Å². The van der Waals surface area contributed by atoms with Crippen molar-refractivity contribution in [1.29, 1.82) is 0 Å². The molecule has 5 nitrogen and oxygen atoms in total. The molecule has 1 N–H and O–H groups in total. The minimum atomic E-state index is -0.733. The van der Waals surface area contributed by atoms with Gasteiger partial charge in [-0.05, 0) is 49.2 Å². The van der Waals surface area contributed by atoms with Gasteiger partial charge in [-0.2, -0.15) is 0 Å². The van der Waals surface area contributed by atoms with Crippen LogP contribution in [0.25, 0.3) is 0 Å². The molecule has 0 aliphatic carbocycles. The van der Waals surface area contributed by atoms with Crippen molar-refractivity contribution in [3.05, 3.63) is 63.9 Å². The maximum absolute atomic E-state index is 13.2. The van der Waals surface area contributed by atoms with E-state index in [2.05, 4.69) is 5.32 Å². The van der Waals surface area contributed by atoms with Gasteiger partial charge in [0.2, 0.25) is 5.91 Å². The average molecular weight is 441 g/mol. The highest BCUT2D eigenvalue weighted by molar-refractivity contribution is 6.35. The van der Waals surface area contributed by atoms with Gasteiger partial charge >= 0.3 is 0 Å². The summed E-state index contributed by atoms with van der Waals surface area (Å²) in [5.41, 5.74) is 0.694. The summed E-state index contributed by atoms with van der Waals surface area (Å²) in [5, 5.41) is 3.52. The van der Waals surface area contributed by atoms with Gasteiger partial charge in [-0.15, -0.1) is 0 Å². The van der Waals surface area contributed by atoms with E-state index in [1.54, 1.807) is 31.2 Å². The van der Waals surface area contributed by atoms with Gasteiger partial charge in [0.1, 0.15) is 17.6 Å². The molecule has 1 unspecified atom stereocenters. The SMILES string of the molecule is CCCNC(=O)C(C)N(Cc1ccc(F)cc1)C(=O)COc1ccc(Cl)cc1Cl. The van der Waals surface area contributed by atoms with Crippen LogP contribution in [0.15, 0.2) is 42.5 Å². The van der Waals surface area contributed by atoms with Crippen LogP contribution in [0, 0.1) is 5.82 Å². The number of benzene rings is 2. The summed E-state index contributed by atoms with van der Waals surface area (Å²) in [5.74, 6) is -0.735. The monoisotopic (exact) mass is 440 g/mol. The van der Waals surface area contributed by atoms with Gasteiger partial charge in [0.05, 0.1) is 5.02 Å². The number of nitrogens with zero attached hydrogens (tertiary/aromatic N) is 1. The molecule has 29 heavy (non-hydrogen) atoms. The molecule has 0 heterocycles. The van der Waals surface area contributed by atoms with E-state index in [0.717, 1.165) is 6.42 Å². The molecule has 0 saturated carbocycles. The lowest BCUT2D eigenvalue weighted by molar-refractivity contribution is -0.142. The van der Waals surface area contributed by atoms with Crippen LogP contribution >= 0.6 is 23.2 Å². The van der Waals surface area contributed by atoms with Gasteiger partial charge in [0.25, 0.3) is 5.91 Å². The van der Waals surface area contributed by atoms with E-state index in [1.165, 1.54) is 23.1 Å². The van der Waals surface area contributed by atoms with Crippen molar-refractivity contribution >= 4 is 35.0 Å². The Bertz CT molecular complexity index is 846. The third-order valence-corrected chi connectivity index (χ3v) is 4.76. The van der Waals surface area contributed by atoms with Gasteiger partial charge in [-0.1, -0.05) is 42.3 Å². The first-order valence-corrected chi connectivity index (χ1v) is 9.97. The molecule has 0 spiro atoms. The molecule has 0 saturated heterocycles. The molecule has 0 aliphatic rings. The summed E-state index contributed by atoms with van der Waals surface area (Å²) in [6.07, 6.45) is 0.780. The third kappa shape index (κ3) is 6.91. The van der Waals surface area contributed by atoms with Crippen LogP contribution in [0.5, 0.6) is 5.75 Å². The Morgan fingerprint density at radius 3 is 2.48 bits per heavy atom. The number of rotatable bonds is 9. The average Bonchev–Trinajstić information content (AvgIpc) is 2.70. The van der Waals surface area contributed by atoms with E-state index in [-0.39, 0.29) is 29.9 Å². The highest BCUT2D eigenvalue weighted by atomic mass is 35.5. The van der Waals surface area contributed by atoms with Crippen LogP contribution < -0.4 is 10.1 Å². The second-order valence-electron chi connectivity index (χ2n) is 6.48. The number of amides is 2. The van der Waals surface area contributed by atoms with E-state index in [4.69, 9.17) is 27.9 Å². The van der Waals surface area contributed by atoms with Crippen molar-refractivity contribution in [2.45, 2.75) is 32.9 Å². The van der Waals surface area contributed by atoms with Crippen molar-refractivity contribution in [3.8, 4) is 5.75 Å². The topological polar surface area (TPSA) is 58.6 Å². The smallest absolute Gasteiger partial charge is 0.261 e. The number of nitrogens with one attached hydrogen (secondary N) is 1. The van der Waals surface area contributed by atoms with Crippen molar-refractivity contribution in [2.75, 3.05) is 13.2 Å². The van der Waals surface area contributed by atoms with Crippen molar-refractivity contribution < 1.29 is 18.7 Å². The lowest BCUT2D eigenvalue weighted by atomic mass is 10.1. The fraction of sp³-hybridized carbons (Fsp3) is 0.333. The maximum Gasteiger partial charge on any atom is 0.261 e. The molecule has 2 rings (SSSR count). The van der Waals surface area contributed by atoms with Crippen LogP contribution in [-0.4, -0.2) is 35.9 Å². The Hall–Kier alpha value is -2.31. The molecule has 1 atom stereocenters. The molecule has 0 fully saturated rings. The van der Waals surface area contributed by atoms with E-state index in [9.17, 15) is 14.0 Å². The Kier molecular flexibility index (Phi) is 8.73. The van der Waals surface area contributed by atoms with Crippen LogP contribution in [0.1, 0.15) is 25.8 Å². The minimum absolute atomic E-state index is 0.136. The number of hydrogen-bond acceptors (Lipinski definition) is 3. The fourth-order valence-electron chi connectivity index (χ4n) is 2.58. The molecule has 2 amide bonds. The first kappa shape index (κ1) is 23.0. The molecule has 0 aliphatic heterocycles. The normalized spacial score (nSPS) is 11.6. The molecule has 156 valence electrons. The number of hydrogen-bond donors (Lipinski definition) is 1. The fourth-order valence-corrected chi connectivity index (χ4v) is 3.04. The number of ether oxygens (including phenoxy) is 1. The Labute approximate surface area is 179 Å². The van der Waals surface area contributed by atoms with Gasteiger partial charge in [-0.25, -0.2) is 4.39 Å². The molecular formula is C21H23Cl2FN2O3. The number of halogens is 3. The lowest BCUT2D eigenvalue weighted by Gasteiger charge is -2.28. The second kappa shape index (κ2) is 11.0. The third-order valence-electron chi connectivity index (χ3n) is 4.23. The predicted molar refractivity (Wildman–Crippen MR) is 112 cm³/mol. The van der Waals surface area contributed by atoms with Crippen molar-refractivity contribution in [3.63, 3.8) is 0 Å². The molecule has 0 bridgehead atoms. The Balaban J connectivity index is 2.14. The molecule has 2 aromatic carbocycles. The molecule has 0 aromatic heterocycles. The minimum Gasteiger partial charge on any atom is -0.482 e. The van der Waals surface area contributed by atoms with Gasteiger partial charge in [0, 0.05) is 18.1 Å².